The molecule has 1 saturated heterocycles. The molecule has 0 saturated carbocycles. The van der Waals surface area contributed by atoms with E-state index in [-0.39, 0.29) is 29.0 Å². The molecule has 1 aromatic heterocycles. The number of hydrogen-bond acceptors (Lipinski definition) is 4. The second-order valence-corrected chi connectivity index (χ2v) is 6.99. The van der Waals surface area contributed by atoms with Gasteiger partial charge in [-0.2, -0.15) is 0 Å². The highest BCUT2D eigenvalue weighted by molar-refractivity contribution is 6.39. The lowest BCUT2D eigenvalue weighted by atomic mass is 9.90. The van der Waals surface area contributed by atoms with Gasteiger partial charge in [0.1, 0.15) is 5.82 Å². The second kappa shape index (κ2) is 8.16. The number of benzene rings is 1. The van der Waals surface area contributed by atoms with Crippen LogP contribution in [0.4, 0.5) is 10.1 Å². The number of likely N-dealkylation sites (tertiary alicyclic amines) is 1. The number of anilines is 1. The molecule has 0 unspecified atom stereocenters. The van der Waals surface area contributed by atoms with E-state index in [1.54, 1.807) is 12.1 Å². The van der Waals surface area contributed by atoms with Crippen molar-refractivity contribution in [1.82, 2.24) is 9.88 Å². The minimum atomic E-state index is -0.829. The highest BCUT2D eigenvalue weighted by Gasteiger charge is 2.34. The maximum absolute atomic E-state index is 13.2. The average molecular weight is 384 g/mol. The van der Waals surface area contributed by atoms with Crippen molar-refractivity contribution in [3.63, 3.8) is 0 Å². The lowest BCUT2D eigenvalue weighted by Crippen LogP contribution is -2.46. The number of halogens is 1. The van der Waals surface area contributed by atoms with Crippen LogP contribution in [0.3, 0.4) is 0 Å². The van der Waals surface area contributed by atoms with Crippen LogP contribution in [-0.4, -0.2) is 34.2 Å². The van der Waals surface area contributed by atoms with Gasteiger partial charge in [0.25, 0.3) is 0 Å². The summed E-state index contributed by atoms with van der Waals surface area (Å²) >= 11 is 0. The van der Waals surface area contributed by atoms with Crippen LogP contribution >= 0.6 is 0 Å². The number of nitrogens with zero attached hydrogens (tertiary/aromatic N) is 2. The second-order valence-electron chi connectivity index (χ2n) is 6.99. The van der Waals surface area contributed by atoms with Crippen molar-refractivity contribution in [3.8, 4) is 0 Å². The Morgan fingerprint density at radius 2 is 1.89 bits per heavy atom. The van der Waals surface area contributed by atoms with Crippen LogP contribution < -0.4 is 11.1 Å². The predicted molar refractivity (Wildman–Crippen MR) is 101 cm³/mol. The van der Waals surface area contributed by atoms with Crippen LogP contribution in [0.15, 0.2) is 42.7 Å². The smallest absolute Gasteiger partial charge is 0.313 e. The van der Waals surface area contributed by atoms with Gasteiger partial charge in [-0.3, -0.25) is 19.4 Å². The van der Waals surface area contributed by atoms with Crippen molar-refractivity contribution in [1.29, 1.82) is 0 Å². The van der Waals surface area contributed by atoms with E-state index in [2.05, 4.69) is 10.3 Å². The van der Waals surface area contributed by atoms with Gasteiger partial charge < -0.3 is 16.0 Å². The lowest BCUT2D eigenvalue weighted by molar-refractivity contribution is -0.146. The molecule has 0 bridgehead atoms. The Kier molecular flexibility index (Phi) is 5.67. The average Bonchev–Trinajstić information content (AvgIpc) is 2.68. The number of nitrogens with one attached hydrogen (secondary N) is 1. The third-order valence-electron chi connectivity index (χ3n) is 4.81. The molecule has 2 atom stereocenters. The number of amides is 3. The number of nitrogens with two attached hydrogens (primary N) is 1. The number of hydrogen-bond donors (Lipinski definition) is 2. The SMILES string of the molecule is C[C@@H]1CC[C@@H](c2ccc(F)cc2)N(C(=O)C(=O)Nc2cncc(C(N)=O)c2)C1. The molecule has 1 aromatic carbocycles. The van der Waals surface area contributed by atoms with Gasteiger partial charge >= 0.3 is 11.8 Å². The first kappa shape index (κ1) is 19.5. The first-order valence-corrected chi connectivity index (χ1v) is 8.97. The van der Waals surface area contributed by atoms with Crippen LogP contribution in [0.5, 0.6) is 0 Å². The zero-order chi connectivity index (χ0) is 20.3. The Hall–Kier alpha value is -3.29. The van der Waals surface area contributed by atoms with E-state index >= 15 is 0 Å². The summed E-state index contributed by atoms with van der Waals surface area (Å²) < 4.78 is 13.2. The van der Waals surface area contributed by atoms with E-state index in [0.29, 0.717) is 13.0 Å². The molecule has 3 rings (SSSR count). The summed E-state index contributed by atoms with van der Waals surface area (Å²) in [5, 5.41) is 2.47. The summed E-state index contributed by atoms with van der Waals surface area (Å²) in [6, 6.07) is 7.01. The predicted octanol–water partition coefficient (Wildman–Crippen LogP) is 2.26. The Bertz CT molecular complexity index is 901. The topological polar surface area (TPSA) is 105 Å². The molecule has 3 amide bonds. The van der Waals surface area contributed by atoms with Crippen molar-refractivity contribution in [3.05, 3.63) is 59.7 Å². The number of carbonyl (C=O) groups excluding carboxylic acids is 3. The zero-order valence-corrected chi connectivity index (χ0v) is 15.4. The fourth-order valence-corrected chi connectivity index (χ4v) is 3.37. The molecular weight excluding hydrogens is 363 g/mol. The van der Waals surface area contributed by atoms with Crippen LogP contribution in [0.1, 0.15) is 41.7 Å². The van der Waals surface area contributed by atoms with Crippen LogP contribution in [0, 0.1) is 11.7 Å². The zero-order valence-electron chi connectivity index (χ0n) is 15.4. The number of carbonyl (C=O) groups is 3. The van der Waals surface area contributed by atoms with E-state index in [9.17, 15) is 18.8 Å². The molecule has 0 spiro atoms. The number of aromatic nitrogens is 1. The van der Waals surface area contributed by atoms with E-state index in [1.807, 2.05) is 6.92 Å². The monoisotopic (exact) mass is 384 g/mol. The van der Waals surface area contributed by atoms with Crippen LogP contribution in [-0.2, 0) is 9.59 Å². The van der Waals surface area contributed by atoms with E-state index in [0.717, 1.165) is 12.0 Å². The van der Waals surface area contributed by atoms with Gasteiger partial charge in [-0.1, -0.05) is 19.1 Å². The Balaban J connectivity index is 1.79. The first-order valence-electron chi connectivity index (χ1n) is 8.97. The van der Waals surface area contributed by atoms with Gasteiger partial charge in [0.2, 0.25) is 5.91 Å². The van der Waals surface area contributed by atoms with E-state index < -0.39 is 17.7 Å². The molecule has 1 aliphatic heterocycles. The molecular formula is C20H21FN4O3. The standard InChI is InChI=1S/C20H21FN4O3/c1-12-2-7-17(13-3-5-15(21)6-4-13)25(11-12)20(28)19(27)24-16-8-14(18(22)26)9-23-10-16/h3-6,8-10,12,17H,2,7,11H2,1H3,(H2,22,26)(H,24,27)/t12-,17+/m1/s1. The quantitative estimate of drug-likeness (QED) is 0.792. The van der Waals surface area contributed by atoms with Gasteiger partial charge in [0, 0.05) is 12.7 Å². The third-order valence-corrected chi connectivity index (χ3v) is 4.81. The third kappa shape index (κ3) is 4.33. The maximum Gasteiger partial charge on any atom is 0.313 e. The summed E-state index contributed by atoms with van der Waals surface area (Å²) in [6.07, 6.45) is 4.19. The number of primary amides is 1. The molecule has 0 aliphatic carbocycles. The molecule has 1 fully saturated rings. The summed E-state index contributed by atoms with van der Waals surface area (Å²) in [4.78, 5) is 42.0. The molecule has 7 nitrogen and oxygen atoms in total. The molecule has 0 radical (unpaired) electrons. The van der Waals surface area contributed by atoms with Gasteiger partial charge in [-0.15, -0.1) is 0 Å². The Morgan fingerprint density at radius 3 is 2.57 bits per heavy atom. The molecule has 146 valence electrons. The van der Waals surface area contributed by atoms with Crippen LogP contribution in [0.2, 0.25) is 0 Å². The van der Waals surface area contributed by atoms with E-state index in [1.165, 1.54) is 35.5 Å². The number of piperidine rings is 1. The summed E-state index contributed by atoms with van der Waals surface area (Å²) in [6.45, 7) is 2.44. The van der Waals surface area contributed by atoms with Crippen molar-refractivity contribution in [2.24, 2.45) is 11.7 Å². The fraction of sp³-hybridized carbons (Fsp3) is 0.300. The van der Waals surface area contributed by atoms with Gasteiger partial charge in [-0.25, -0.2) is 4.39 Å². The van der Waals surface area contributed by atoms with Crippen molar-refractivity contribution >= 4 is 23.4 Å². The lowest BCUT2D eigenvalue weighted by Gasteiger charge is -2.38. The fourth-order valence-electron chi connectivity index (χ4n) is 3.37. The highest BCUT2D eigenvalue weighted by atomic mass is 19.1. The number of rotatable bonds is 3. The molecule has 2 heterocycles. The highest BCUT2D eigenvalue weighted by Crippen LogP contribution is 2.33. The summed E-state index contributed by atoms with van der Waals surface area (Å²) in [7, 11) is 0. The minimum absolute atomic E-state index is 0.126. The van der Waals surface area contributed by atoms with Crippen molar-refractivity contribution in [2.45, 2.75) is 25.8 Å². The Labute approximate surface area is 161 Å². The molecule has 8 heteroatoms. The largest absolute Gasteiger partial charge is 0.366 e. The van der Waals surface area contributed by atoms with Gasteiger partial charge in [0.05, 0.1) is 23.5 Å². The van der Waals surface area contributed by atoms with Gasteiger partial charge in [0.15, 0.2) is 0 Å². The van der Waals surface area contributed by atoms with Crippen molar-refractivity contribution < 1.29 is 18.8 Å². The molecule has 1 aliphatic rings. The van der Waals surface area contributed by atoms with E-state index in [4.69, 9.17) is 5.73 Å². The maximum atomic E-state index is 13.2. The van der Waals surface area contributed by atoms with Gasteiger partial charge in [-0.05, 0) is 42.5 Å². The summed E-state index contributed by atoms with van der Waals surface area (Å²) in [5.41, 5.74) is 6.32. The Morgan fingerprint density at radius 1 is 1.18 bits per heavy atom. The molecule has 3 N–H and O–H groups in total. The molecule has 28 heavy (non-hydrogen) atoms. The van der Waals surface area contributed by atoms with Crippen LogP contribution in [0.25, 0.3) is 0 Å². The minimum Gasteiger partial charge on any atom is -0.366 e. The normalized spacial score (nSPS) is 19.1. The first-order chi connectivity index (χ1) is 13.3. The molecule has 2 aromatic rings. The van der Waals surface area contributed by atoms with Crippen molar-refractivity contribution in [2.75, 3.05) is 11.9 Å². The summed E-state index contributed by atoms with van der Waals surface area (Å²) in [5.74, 6) is -2.31. The number of pyridine rings is 1.